The van der Waals surface area contributed by atoms with E-state index in [1.165, 1.54) is 25.9 Å². The predicted molar refractivity (Wildman–Crippen MR) is 101 cm³/mol. The average Bonchev–Trinajstić information content (AvgIpc) is 3.12. The number of anilines is 2. The van der Waals surface area contributed by atoms with Gasteiger partial charge >= 0.3 is 0 Å². The zero-order valence-electron chi connectivity index (χ0n) is 14.3. The van der Waals surface area contributed by atoms with Gasteiger partial charge in [-0.05, 0) is 54.9 Å². The molecule has 0 amide bonds. The van der Waals surface area contributed by atoms with Crippen molar-refractivity contribution >= 4 is 17.1 Å². The molecule has 0 saturated carbocycles. The van der Waals surface area contributed by atoms with Crippen LogP contribution in [0.1, 0.15) is 12.8 Å². The quantitative estimate of drug-likeness (QED) is 0.669. The van der Waals surface area contributed by atoms with Crippen molar-refractivity contribution in [3.63, 3.8) is 0 Å². The van der Waals surface area contributed by atoms with Crippen LogP contribution in [-0.2, 0) is 0 Å². The molecule has 0 atom stereocenters. The van der Waals surface area contributed by atoms with Gasteiger partial charge in [0.2, 0.25) is 0 Å². The highest BCUT2D eigenvalue weighted by molar-refractivity contribution is 5.86. The van der Waals surface area contributed by atoms with Crippen molar-refractivity contribution in [1.29, 1.82) is 0 Å². The second-order valence-electron chi connectivity index (χ2n) is 7.04. The van der Waals surface area contributed by atoms with Crippen molar-refractivity contribution in [1.82, 2.24) is 9.88 Å². The van der Waals surface area contributed by atoms with Crippen molar-refractivity contribution < 1.29 is 0 Å². The number of nitroso groups, excluding NO2 is 1. The van der Waals surface area contributed by atoms with Crippen molar-refractivity contribution in [3.05, 3.63) is 41.6 Å². The second-order valence-corrected chi connectivity index (χ2v) is 7.04. The number of pyridine rings is 1. The Morgan fingerprint density at radius 1 is 1.20 bits per heavy atom. The SMILES string of the molecule is Nc1c(N=O)cc(-c2cccnc2)cc1N1CC(CN2CCCC2)C1. The van der Waals surface area contributed by atoms with Crippen LogP contribution in [-0.4, -0.2) is 42.6 Å². The summed E-state index contributed by atoms with van der Waals surface area (Å²) in [5, 5.41) is 3.13. The van der Waals surface area contributed by atoms with Crippen LogP contribution in [0.2, 0.25) is 0 Å². The fourth-order valence-corrected chi connectivity index (χ4v) is 3.87. The summed E-state index contributed by atoms with van der Waals surface area (Å²) in [5.74, 6) is 0.673. The lowest BCUT2D eigenvalue weighted by molar-refractivity contribution is 0.247. The van der Waals surface area contributed by atoms with Crippen LogP contribution in [0.25, 0.3) is 11.1 Å². The number of hydrogen-bond donors (Lipinski definition) is 1. The third-order valence-corrected chi connectivity index (χ3v) is 5.24. The lowest BCUT2D eigenvalue weighted by atomic mass is 9.96. The molecule has 25 heavy (non-hydrogen) atoms. The minimum atomic E-state index is 0.305. The molecule has 0 unspecified atom stereocenters. The molecule has 0 bridgehead atoms. The van der Waals surface area contributed by atoms with Crippen LogP contribution < -0.4 is 10.6 Å². The molecule has 2 fully saturated rings. The highest BCUT2D eigenvalue weighted by Crippen LogP contribution is 2.40. The van der Waals surface area contributed by atoms with Gasteiger partial charge in [-0.2, -0.15) is 0 Å². The summed E-state index contributed by atoms with van der Waals surface area (Å²) in [6, 6.07) is 7.65. The van der Waals surface area contributed by atoms with Gasteiger partial charge in [0.05, 0.1) is 11.4 Å². The first-order valence-electron chi connectivity index (χ1n) is 8.89. The van der Waals surface area contributed by atoms with Crippen molar-refractivity contribution in [3.8, 4) is 11.1 Å². The topological polar surface area (TPSA) is 74.8 Å². The molecule has 0 radical (unpaired) electrons. The predicted octanol–water partition coefficient (Wildman–Crippen LogP) is 3.26. The minimum Gasteiger partial charge on any atom is -0.395 e. The number of nitrogens with two attached hydrogens (primary N) is 1. The highest BCUT2D eigenvalue weighted by atomic mass is 16.3. The summed E-state index contributed by atoms with van der Waals surface area (Å²) < 4.78 is 0. The number of nitrogens with zero attached hydrogens (tertiary/aromatic N) is 4. The molecule has 2 aliphatic rings. The minimum absolute atomic E-state index is 0.305. The number of aromatic nitrogens is 1. The standard InChI is InChI=1S/C19H23N5O/c20-19-17(22-25)8-16(15-4-3-5-21-10-15)9-18(19)24-12-14(13-24)11-23-6-1-2-7-23/h3-5,8-10,14H,1-2,6-7,11-13,20H2. The van der Waals surface area contributed by atoms with Crippen molar-refractivity contribution in [2.45, 2.75) is 12.8 Å². The summed E-state index contributed by atoms with van der Waals surface area (Å²) in [6.07, 6.45) is 6.17. The Morgan fingerprint density at radius 3 is 2.68 bits per heavy atom. The van der Waals surface area contributed by atoms with E-state index in [1.807, 2.05) is 18.2 Å². The Labute approximate surface area is 147 Å². The fourth-order valence-electron chi connectivity index (χ4n) is 3.87. The van der Waals surface area contributed by atoms with Crippen molar-refractivity contribution in [2.75, 3.05) is 43.4 Å². The normalized spacial score (nSPS) is 18.3. The highest BCUT2D eigenvalue weighted by Gasteiger charge is 2.31. The van der Waals surface area contributed by atoms with E-state index in [2.05, 4.69) is 20.0 Å². The van der Waals surface area contributed by atoms with Crippen LogP contribution in [0.4, 0.5) is 17.1 Å². The molecule has 6 nitrogen and oxygen atoms in total. The third kappa shape index (κ3) is 3.22. The fraction of sp³-hybridized carbons (Fsp3) is 0.421. The van der Waals surface area contributed by atoms with Gasteiger partial charge in [0.25, 0.3) is 0 Å². The van der Waals surface area contributed by atoms with E-state index in [9.17, 15) is 4.91 Å². The first kappa shape index (κ1) is 16.0. The Kier molecular flexibility index (Phi) is 4.36. The lowest BCUT2D eigenvalue weighted by Crippen LogP contribution is -2.51. The summed E-state index contributed by atoms with van der Waals surface area (Å²) in [7, 11) is 0. The van der Waals surface area contributed by atoms with Gasteiger partial charge in [-0.3, -0.25) is 4.98 Å². The molecule has 2 saturated heterocycles. The van der Waals surface area contributed by atoms with Gasteiger partial charge in [-0.1, -0.05) is 6.07 Å². The summed E-state index contributed by atoms with van der Waals surface area (Å²) in [5.41, 5.74) is 9.78. The summed E-state index contributed by atoms with van der Waals surface area (Å²) in [4.78, 5) is 20.2. The van der Waals surface area contributed by atoms with Crippen LogP contribution in [0, 0.1) is 10.8 Å². The molecule has 0 aliphatic carbocycles. The van der Waals surface area contributed by atoms with Crippen LogP contribution >= 0.6 is 0 Å². The zero-order chi connectivity index (χ0) is 17.2. The van der Waals surface area contributed by atoms with Crippen LogP contribution in [0.3, 0.4) is 0 Å². The van der Waals surface area contributed by atoms with E-state index in [-0.39, 0.29) is 0 Å². The van der Waals surface area contributed by atoms with Crippen molar-refractivity contribution in [2.24, 2.45) is 11.1 Å². The van der Waals surface area contributed by atoms with Crippen LogP contribution in [0.15, 0.2) is 41.8 Å². The molecule has 1 aromatic heterocycles. The number of hydrogen-bond acceptors (Lipinski definition) is 6. The largest absolute Gasteiger partial charge is 0.395 e. The second kappa shape index (κ2) is 6.80. The third-order valence-electron chi connectivity index (χ3n) is 5.24. The van der Waals surface area contributed by atoms with E-state index in [0.29, 0.717) is 17.3 Å². The molecule has 3 heterocycles. The Hall–Kier alpha value is -2.47. The first-order chi connectivity index (χ1) is 12.2. The van der Waals surface area contributed by atoms with E-state index in [0.717, 1.165) is 36.4 Å². The average molecular weight is 337 g/mol. The number of likely N-dealkylation sites (tertiary alicyclic amines) is 1. The maximum Gasteiger partial charge on any atom is 0.133 e. The molecule has 4 rings (SSSR count). The molecule has 2 aromatic rings. The monoisotopic (exact) mass is 337 g/mol. The number of rotatable bonds is 5. The molecule has 2 N–H and O–H groups in total. The molecule has 0 spiro atoms. The van der Waals surface area contributed by atoms with Gasteiger partial charge in [0.15, 0.2) is 0 Å². The number of benzene rings is 1. The molecule has 1 aromatic carbocycles. The molecular weight excluding hydrogens is 314 g/mol. The van der Waals surface area contributed by atoms with E-state index in [4.69, 9.17) is 5.73 Å². The Bertz CT molecular complexity index is 752. The van der Waals surface area contributed by atoms with Gasteiger partial charge in [-0.25, -0.2) is 0 Å². The van der Waals surface area contributed by atoms with Gasteiger partial charge in [0, 0.05) is 43.5 Å². The number of nitrogen functional groups attached to an aromatic ring is 1. The van der Waals surface area contributed by atoms with Crippen LogP contribution in [0.5, 0.6) is 0 Å². The first-order valence-corrected chi connectivity index (χ1v) is 8.89. The van der Waals surface area contributed by atoms with E-state index >= 15 is 0 Å². The lowest BCUT2D eigenvalue weighted by Gasteiger charge is -2.43. The summed E-state index contributed by atoms with van der Waals surface area (Å²) >= 11 is 0. The van der Waals surface area contributed by atoms with Gasteiger partial charge in [-0.15, -0.1) is 4.91 Å². The molecule has 6 heteroatoms. The Balaban J connectivity index is 1.54. The van der Waals surface area contributed by atoms with E-state index in [1.54, 1.807) is 18.5 Å². The zero-order valence-corrected chi connectivity index (χ0v) is 14.3. The molecular formula is C19H23N5O. The van der Waals surface area contributed by atoms with Gasteiger partial charge < -0.3 is 15.5 Å². The molecule has 2 aliphatic heterocycles. The Morgan fingerprint density at radius 2 is 2.00 bits per heavy atom. The smallest absolute Gasteiger partial charge is 0.133 e. The maximum absolute atomic E-state index is 11.2. The van der Waals surface area contributed by atoms with Gasteiger partial charge in [0.1, 0.15) is 5.69 Å². The summed E-state index contributed by atoms with van der Waals surface area (Å²) in [6.45, 7) is 5.59. The van der Waals surface area contributed by atoms with E-state index < -0.39 is 0 Å². The maximum atomic E-state index is 11.2. The molecule has 130 valence electrons.